The van der Waals surface area contributed by atoms with Crippen LogP contribution in [0.3, 0.4) is 0 Å². The molecule has 3 rings (SSSR count). The third kappa shape index (κ3) is 1.48. The number of nitrogens with one attached hydrogen (secondary N) is 1. The lowest BCUT2D eigenvalue weighted by Gasteiger charge is -2.28. The van der Waals surface area contributed by atoms with Crippen LogP contribution in [0.4, 0.5) is 5.82 Å². The van der Waals surface area contributed by atoms with Crippen LogP contribution in [0.25, 0.3) is 0 Å². The molecule has 2 fully saturated rings. The van der Waals surface area contributed by atoms with Gasteiger partial charge in [0.1, 0.15) is 0 Å². The van der Waals surface area contributed by atoms with Gasteiger partial charge in [0.15, 0.2) is 11.0 Å². The Morgan fingerprint density at radius 1 is 1.53 bits per heavy atom. The molecular formula is C10H13ClN4. The van der Waals surface area contributed by atoms with Gasteiger partial charge in [-0.25, -0.2) is 0 Å². The molecule has 2 bridgehead atoms. The quantitative estimate of drug-likeness (QED) is 0.773. The van der Waals surface area contributed by atoms with E-state index in [9.17, 15) is 0 Å². The highest BCUT2D eigenvalue weighted by molar-refractivity contribution is 6.30. The smallest absolute Gasteiger partial charge is 0.154 e. The summed E-state index contributed by atoms with van der Waals surface area (Å²) in [6, 6.07) is 3.24. The van der Waals surface area contributed by atoms with E-state index in [2.05, 4.69) is 20.4 Å². The molecule has 0 saturated carbocycles. The molecule has 4 nitrogen and oxygen atoms in total. The van der Waals surface area contributed by atoms with E-state index in [0.29, 0.717) is 17.2 Å². The summed E-state index contributed by atoms with van der Waals surface area (Å²) in [6.45, 7) is 4.07. The Balaban J connectivity index is 1.90. The van der Waals surface area contributed by atoms with Crippen molar-refractivity contribution in [2.45, 2.75) is 25.4 Å². The summed E-state index contributed by atoms with van der Waals surface area (Å²) in [5.41, 5.74) is 0.998. The van der Waals surface area contributed by atoms with Gasteiger partial charge in [-0.2, -0.15) is 0 Å². The summed E-state index contributed by atoms with van der Waals surface area (Å²) < 4.78 is 0. The number of nitrogens with zero attached hydrogens (tertiary/aromatic N) is 3. The van der Waals surface area contributed by atoms with Crippen LogP contribution < -0.4 is 10.2 Å². The molecule has 80 valence electrons. The molecular weight excluding hydrogens is 212 g/mol. The molecule has 0 aromatic carbocycles. The monoisotopic (exact) mass is 224 g/mol. The number of aryl methyl sites for hydroxylation is 1. The van der Waals surface area contributed by atoms with Crippen molar-refractivity contribution in [1.82, 2.24) is 15.5 Å². The fraction of sp³-hybridized carbons (Fsp3) is 0.600. The van der Waals surface area contributed by atoms with Crippen LogP contribution in [0.2, 0.25) is 5.15 Å². The third-order valence-electron chi connectivity index (χ3n) is 3.26. The van der Waals surface area contributed by atoms with Crippen molar-refractivity contribution in [3.63, 3.8) is 0 Å². The van der Waals surface area contributed by atoms with Crippen LogP contribution in [0, 0.1) is 6.92 Å². The molecule has 1 N–H and O–H groups in total. The van der Waals surface area contributed by atoms with Crippen LogP contribution in [-0.4, -0.2) is 35.4 Å². The Bertz CT molecular complexity index is 395. The van der Waals surface area contributed by atoms with Crippen molar-refractivity contribution in [3.05, 3.63) is 16.8 Å². The maximum absolute atomic E-state index is 5.86. The van der Waals surface area contributed by atoms with Gasteiger partial charge >= 0.3 is 0 Å². The molecule has 1 aromatic rings. The molecule has 0 radical (unpaired) electrons. The minimum Gasteiger partial charge on any atom is -0.349 e. The first-order chi connectivity index (χ1) is 7.24. The maximum atomic E-state index is 5.86. The third-order valence-corrected chi connectivity index (χ3v) is 3.64. The SMILES string of the molecule is Cc1cc(N2C[C@@H]3CC2CN3)nnc1Cl. The van der Waals surface area contributed by atoms with Crippen LogP contribution in [0.5, 0.6) is 0 Å². The summed E-state index contributed by atoms with van der Waals surface area (Å²) in [5, 5.41) is 12.1. The highest BCUT2D eigenvalue weighted by Gasteiger charge is 2.38. The van der Waals surface area contributed by atoms with Crippen molar-refractivity contribution < 1.29 is 0 Å². The van der Waals surface area contributed by atoms with E-state index >= 15 is 0 Å². The van der Waals surface area contributed by atoms with Gasteiger partial charge in [-0.15, -0.1) is 10.2 Å². The van der Waals surface area contributed by atoms with Gasteiger partial charge < -0.3 is 10.2 Å². The number of rotatable bonds is 1. The van der Waals surface area contributed by atoms with E-state index in [-0.39, 0.29) is 0 Å². The number of halogens is 1. The van der Waals surface area contributed by atoms with Gasteiger partial charge in [0.2, 0.25) is 0 Å². The molecule has 0 aliphatic carbocycles. The highest BCUT2D eigenvalue weighted by atomic mass is 35.5. The zero-order valence-corrected chi connectivity index (χ0v) is 9.33. The van der Waals surface area contributed by atoms with Crippen LogP contribution in [0.15, 0.2) is 6.07 Å². The second kappa shape index (κ2) is 3.32. The molecule has 2 aliphatic heterocycles. The molecule has 15 heavy (non-hydrogen) atoms. The van der Waals surface area contributed by atoms with E-state index in [1.165, 1.54) is 6.42 Å². The van der Waals surface area contributed by atoms with E-state index in [4.69, 9.17) is 11.6 Å². The Labute approximate surface area is 93.6 Å². The molecule has 2 atom stereocenters. The molecule has 5 heteroatoms. The molecule has 0 amide bonds. The first-order valence-corrected chi connectivity index (χ1v) is 5.61. The molecule has 1 unspecified atom stereocenters. The predicted octanol–water partition coefficient (Wildman–Crippen LogP) is 0.989. The number of fused-ring (bicyclic) bond motifs is 2. The molecule has 2 saturated heterocycles. The standard InChI is InChI=1S/C10H13ClN4/c1-6-2-9(13-14-10(6)11)15-5-7-3-8(15)4-12-7/h2,7-8,12H,3-5H2,1H3/t7-,8?/m0/s1. The van der Waals surface area contributed by atoms with Crippen molar-refractivity contribution in [2.24, 2.45) is 0 Å². The van der Waals surface area contributed by atoms with Crippen molar-refractivity contribution in [1.29, 1.82) is 0 Å². The molecule has 3 heterocycles. The minimum absolute atomic E-state index is 0.501. The van der Waals surface area contributed by atoms with Gasteiger partial charge in [-0.05, 0) is 25.0 Å². The Morgan fingerprint density at radius 3 is 3.00 bits per heavy atom. The van der Waals surface area contributed by atoms with Gasteiger partial charge in [-0.3, -0.25) is 0 Å². The van der Waals surface area contributed by atoms with Gasteiger partial charge in [-0.1, -0.05) is 11.6 Å². The summed E-state index contributed by atoms with van der Waals surface area (Å²) in [6.07, 6.45) is 1.23. The Hall–Kier alpha value is -0.870. The highest BCUT2D eigenvalue weighted by Crippen LogP contribution is 2.28. The largest absolute Gasteiger partial charge is 0.349 e. The summed E-state index contributed by atoms with van der Waals surface area (Å²) >= 11 is 5.86. The normalized spacial score (nSPS) is 28.8. The minimum atomic E-state index is 0.501. The fourth-order valence-corrected chi connectivity index (χ4v) is 2.53. The van der Waals surface area contributed by atoms with Gasteiger partial charge in [0.05, 0.1) is 0 Å². The zero-order valence-electron chi connectivity index (χ0n) is 8.57. The number of hydrogen-bond acceptors (Lipinski definition) is 4. The second-order valence-corrected chi connectivity index (χ2v) is 4.68. The van der Waals surface area contributed by atoms with Crippen LogP contribution in [-0.2, 0) is 0 Å². The van der Waals surface area contributed by atoms with Crippen LogP contribution >= 0.6 is 11.6 Å². The number of hydrogen-bond donors (Lipinski definition) is 1. The van der Waals surface area contributed by atoms with Gasteiger partial charge in [0.25, 0.3) is 0 Å². The van der Waals surface area contributed by atoms with Gasteiger partial charge in [0, 0.05) is 25.2 Å². The second-order valence-electron chi connectivity index (χ2n) is 4.32. The van der Waals surface area contributed by atoms with Crippen LogP contribution in [0.1, 0.15) is 12.0 Å². The van der Waals surface area contributed by atoms with Crippen molar-refractivity contribution in [2.75, 3.05) is 18.0 Å². The summed E-state index contributed by atoms with van der Waals surface area (Å²) in [5.74, 6) is 0.964. The first-order valence-electron chi connectivity index (χ1n) is 5.24. The average Bonchev–Trinajstić information content (AvgIpc) is 2.83. The number of piperazine rings is 1. The van der Waals surface area contributed by atoms with E-state index in [1.807, 2.05) is 13.0 Å². The zero-order chi connectivity index (χ0) is 10.4. The topological polar surface area (TPSA) is 41.0 Å². The summed E-state index contributed by atoms with van der Waals surface area (Å²) in [7, 11) is 0. The van der Waals surface area contributed by atoms with E-state index in [1.54, 1.807) is 0 Å². The maximum Gasteiger partial charge on any atom is 0.154 e. The molecule has 0 spiro atoms. The molecule has 1 aromatic heterocycles. The molecule has 2 aliphatic rings. The van der Waals surface area contributed by atoms with Crippen molar-refractivity contribution in [3.8, 4) is 0 Å². The predicted molar refractivity (Wildman–Crippen MR) is 59.3 cm³/mol. The number of anilines is 1. The van der Waals surface area contributed by atoms with E-state index in [0.717, 1.165) is 24.5 Å². The van der Waals surface area contributed by atoms with E-state index < -0.39 is 0 Å². The fourth-order valence-electron chi connectivity index (χ4n) is 2.44. The number of aromatic nitrogens is 2. The average molecular weight is 225 g/mol. The summed E-state index contributed by atoms with van der Waals surface area (Å²) in [4.78, 5) is 2.33. The lowest BCUT2D eigenvalue weighted by molar-refractivity contribution is 0.574. The first kappa shape index (κ1) is 9.36. The Kier molecular flexibility index (Phi) is 2.07. The van der Waals surface area contributed by atoms with Crippen molar-refractivity contribution >= 4 is 17.4 Å². The Morgan fingerprint density at radius 2 is 2.40 bits per heavy atom. The lowest BCUT2D eigenvalue weighted by atomic mass is 10.2. The lowest BCUT2D eigenvalue weighted by Crippen LogP contribution is -2.44.